The van der Waals surface area contributed by atoms with Crippen molar-refractivity contribution in [3.8, 4) is 0 Å². The molecule has 90 valence electrons. The van der Waals surface area contributed by atoms with Crippen LogP contribution >= 0.6 is 11.6 Å². The van der Waals surface area contributed by atoms with Crippen molar-refractivity contribution in [1.29, 1.82) is 0 Å². The quantitative estimate of drug-likeness (QED) is 0.470. The molecule has 1 aliphatic rings. The van der Waals surface area contributed by atoms with Gasteiger partial charge in [-0.2, -0.15) is 0 Å². The van der Waals surface area contributed by atoms with E-state index >= 15 is 0 Å². The molecule has 0 unspecified atom stereocenters. The Morgan fingerprint density at radius 1 is 0.600 bits per heavy atom. The van der Waals surface area contributed by atoms with Gasteiger partial charge in [-0.15, -0.1) is 11.6 Å². The molecule has 1 rings (SSSR count). The maximum Gasteiger partial charge on any atom is 0.0418 e. The molecule has 0 aliphatic heterocycles. The van der Waals surface area contributed by atoms with E-state index in [9.17, 15) is 0 Å². The highest BCUT2D eigenvalue weighted by atomic mass is 35.5. The van der Waals surface area contributed by atoms with E-state index < -0.39 is 0 Å². The summed E-state index contributed by atoms with van der Waals surface area (Å²) in [6, 6.07) is 0. The standard InChI is InChI=1S/C14H27Cl/c1-14(15)12-10-8-6-4-2-3-5-7-9-11-13-14/h2-13H2,1H3. The van der Waals surface area contributed by atoms with Crippen molar-refractivity contribution in [3.63, 3.8) is 0 Å². The molecule has 0 N–H and O–H groups in total. The molecule has 0 radical (unpaired) electrons. The zero-order valence-electron chi connectivity index (χ0n) is 10.4. The van der Waals surface area contributed by atoms with E-state index in [-0.39, 0.29) is 4.87 Å². The summed E-state index contributed by atoms with van der Waals surface area (Å²) in [6.45, 7) is 2.23. The van der Waals surface area contributed by atoms with Crippen LogP contribution < -0.4 is 0 Å². The van der Waals surface area contributed by atoms with Crippen LogP contribution in [0, 0.1) is 0 Å². The van der Waals surface area contributed by atoms with Gasteiger partial charge in [0.15, 0.2) is 0 Å². The Bertz CT molecular complexity index is 135. The number of rotatable bonds is 0. The van der Waals surface area contributed by atoms with Crippen molar-refractivity contribution in [2.24, 2.45) is 0 Å². The highest BCUT2D eigenvalue weighted by Crippen LogP contribution is 2.29. The second kappa shape index (κ2) is 7.54. The Morgan fingerprint density at radius 3 is 1.20 bits per heavy atom. The molecule has 0 bridgehead atoms. The molecular formula is C14H27Cl. The lowest BCUT2D eigenvalue weighted by atomic mass is 9.96. The van der Waals surface area contributed by atoms with E-state index in [2.05, 4.69) is 6.92 Å². The molecular weight excluding hydrogens is 204 g/mol. The molecule has 0 saturated heterocycles. The first-order chi connectivity index (χ1) is 7.21. The van der Waals surface area contributed by atoms with Gasteiger partial charge in [0, 0.05) is 4.87 Å². The molecule has 1 aliphatic carbocycles. The molecule has 0 aromatic rings. The Labute approximate surface area is 101 Å². The minimum absolute atomic E-state index is 0.0913. The molecule has 0 spiro atoms. The van der Waals surface area contributed by atoms with Gasteiger partial charge < -0.3 is 0 Å². The van der Waals surface area contributed by atoms with Gasteiger partial charge in [0.2, 0.25) is 0 Å². The van der Waals surface area contributed by atoms with E-state index in [1.54, 1.807) is 0 Å². The van der Waals surface area contributed by atoms with E-state index in [1.807, 2.05) is 0 Å². The predicted molar refractivity (Wildman–Crippen MR) is 69.7 cm³/mol. The van der Waals surface area contributed by atoms with Gasteiger partial charge in [-0.05, 0) is 19.8 Å². The highest BCUT2D eigenvalue weighted by molar-refractivity contribution is 6.23. The molecule has 0 atom stereocenters. The molecule has 0 heterocycles. The fraction of sp³-hybridized carbons (Fsp3) is 1.00. The third-order valence-corrected chi connectivity index (χ3v) is 4.02. The van der Waals surface area contributed by atoms with Gasteiger partial charge in [0.05, 0.1) is 0 Å². The predicted octanol–water partition coefficient (Wildman–Crippen LogP) is 5.68. The SMILES string of the molecule is CC1(Cl)CCCCCCCCCCCC1. The van der Waals surface area contributed by atoms with E-state index in [4.69, 9.17) is 11.6 Å². The van der Waals surface area contributed by atoms with E-state index in [1.165, 1.54) is 77.0 Å². The topological polar surface area (TPSA) is 0 Å². The third-order valence-electron chi connectivity index (χ3n) is 3.65. The normalized spacial score (nSPS) is 26.0. The fourth-order valence-corrected chi connectivity index (χ4v) is 2.79. The van der Waals surface area contributed by atoms with Crippen LogP contribution in [0.15, 0.2) is 0 Å². The molecule has 1 saturated carbocycles. The summed E-state index contributed by atoms with van der Waals surface area (Å²) in [5, 5.41) is 0. The summed E-state index contributed by atoms with van der Waals surface area (Å²) in [4.78, 5) is 0.0913. The lowest BCUT2D eigenvalue weighted by Gasteiger charge is -2.21. The summed E-state index contributed by atoms with van der Waals surface area (Å²) < 4.78 is 0. The first-order valence-electron chi connectivity index (χ1n) is 6.90. The van der Waals surface area contributed by atoms with Crippen molar-refractivity contribution in [2.45, 2.75) is 88.8 Å². The molecule has 0 nitrogen and oxygen atoms in total. The number of hydrogen-bond acceptors (Lipinski definition) is 0. The maximum atomic E-state index is 6.51. The van der Waals surface area contributed by atoms with Gasteiger partial charge in [0.1, 0.15) is 0 Å². The lowest BCUT2D eigenvalue weighted by Crippen LogP contribution is -2.15. The van der Waals surface area contributed by atoms with Gasteiger partial charge in [0.25, 0.3) is 0 Å². The Hall–Kier alpha value is 0.290. The molecule has 0 aromatic carbocycles. The zero-order valence-corrected chi connectivity index (χ0v) is 11.1. The van der Waals surface area contributed by atoms with E-state index in [0.29, 0.717) is 0 Å². The van der Waals surface area contributed by atoms with Crippen molar-refractivity contribution in [1.82, 2.24) is 0 Å². The van der Waals surface area contributed by atoms with Crippen LogP contribution in [0.25, 0.3) is 0 Å². The highest BCUT2D eigenvalue weighted by Gasteiger charge is 2.19. The average Bonchev–Trinajstić information content (AvgIpc) is 2.20. The molecule has 0 amide bonds. The van der Waals surface area contributed by atoms with Crippen LogP contribution in [0.5, 0.6) is 0 Å². The first kappa shape index (κ1) is 13.4. The molecule has 1 heteroatoms. The van der Waals surface area contributed by atoms with Gasteiger partial charge in [-0.25, -0.2) is 0 Å². The van der Waals surface area contributed by atoms with Crippen LogP contribution in [-0.4, -0.2) is 4.87 Å². The Morgan fingerprint density at radius 2 is 0.867 bits per heavy atom. The number of alkyl halides is 1. The summed E-state index contributed by atoms with van der Waals surface area (Å²) in [7, 11) is 0. The van der Waals surface area contributed by atoms with Crippen LogP contribution in [0.4, 0.5) is 0 Å². The van der Waals surface area contributed by atoms with Crippen molar-refractivity contribution in [3.05, 3.63) is 0 Å². The first-order valence-corrected chi connectivity index (χ1v) is 7.27. The van der Waals surface area contributed by atoms with Crippen molar-refractivity contribution < 1.29 is 0 Å². The Kier molecular flexibility index (Phi) is 6.72. The monoisotopic (exact) mass is 230 g/mol. The summed E-state index contributed by atoms with van der Waals surface area (Å²) in [6.07, 6.45) is 16.5. The largest absolute Gasteiger partial charge is 0.120 e. The van der Waals surface area contributed by atoms with Crippen LogP contribution in [-0.2, 0) is 0 Å². The molecule has 0 aromatic heterocycles. The second-order valence-electron chi connectivity index (χ2n) is 5.45. The third kappa shape index (κ3) is 7.22. The fourth-order valence-electron chi connectivity index (χ4n) is 2.53. The summed E-state index contributed by atoms with van der Waals surface area (Å²) in [5.74, 6) is 0. The van der Waals surface area contributed by atoms with Gasteiger partial charge in [-0.3, -0.25) is 0 Å². The van der Waals surface area contributed by atoms with Gasteiger partial charge >= 0.3 is 0 Å². The van der Waals surface area contributed by atoms with Crippen LogP contribution in [0.3, 0.4) is 0 Å². The number of halogens is 1. The van der Waals surface area contributed by atoms with Crippen LogP contribution in [0.1, 0.15) is 84.0 Å². The van der Waals surface area contributed by atoms with Crippen LogP contribution in [0.2, 0.25) is 0 Å². The van der Waals surface area contributed by atoms with E-state index in [0.717, 1.165) is 0 Å². The van der Waals surface area contributed by atoms with Crippen molar-refractivity contribution in [2.75, 3.05) is 0 Å². The Balaban J connectivity index is 2.24. The molecule has 1 fully saturated rings. The smallest absolute Gasteiger partial charge is 0.0418 e. The van der Waals surface area contributed by atoms with Gasteiger partial charge in [-0.1, -0.05) is 64.2 Å². The summed E-state index contributed by atoms with van der Waals surface area (Å²) >= 11 is 6.51. The second-order valence-corrected chi connectivity index (χ2v) is 6.36. The minimum Gasteiger partial charge on any atom is -0.120 e. The zero-order chi connectivity index (χ0) is 11.0. The maximum absolute atomic E-state index is 6.51. The summed E-state index contributed by atoms with van der Waals surface area (Å²) in [5.41, 5.74) is 0. The average molecular weight is 231 g/mol. The molecule has 15 heavy (non-hydrogen) atoms. The lowest BCUT2D eigenvalue weighted by molar-refractivity contribution is 0.469. The number of hydrogen-bond donors (Lipinski definition) is 0. The van der Waals surface area contributed by atoms with Crippen molar-refractivity contribution >= 4 is 11.6 Å². The minimum atomic E-state index is 0.0913.